The van der Waals surface area contributed by atoms with E-state index in [1.165, 1.54) is 29.9 Å². The Morgan fingerprint density at radius 2 is 2.14 bits per heavy atom. The van der Waals surface area contributed by atoms with Gasteiger partial charge in [0.2, 0.25) is 0 Å². The van der Waals surface area contributed by atoms with Gasteiger partial charge in [0.1, 0.15) is 5.82 Å². The normalized spacial score (nSPS) is 14.6. The van der Waals surface area contributed by atoms with Gasteiger partial charge in [0.15, 0.2) is 0 Å². The molecule has 1 N–H and O–H groups in total. The molecule has 1 aromatic heterocycles. The van der Waals surface area contributed by atoms with E-state index >= 15 is 0 Å². The molecule has 0 saturated carbocycles. The zero-order valence-corrected chi connectivity index (χ0v) is 9.30. The standard InChI is InChI=1S/C11H19N3/c1-4-8(5-2)10-9-6-7-12-11(9)14(3)13-10/h8,12H,4-7H2,1-3H3. The van der Waals surface area contributed by atoms with Crippen molar-refractivity contribution in [2.45, 2.75) is 39.0 Å². The summed E-state index contributed by atoms with van der Waals surface area (Å²) in [5.41, 5.74) is 2.79. The lowest BCUT2D eigenvalue weighted by Crippen LogP contribution is -2.04. The molecule has 1 aromatic rings. The smallest absolute Gasteiger partial charge is 0.127 e. The van der Waals surface area contributed by atoms with Crippen LogP contribution in [0, 0.1) is 0 Å². The fourth-order valence-electron chi connectivity index (χ4n) is 2.37. The van der Waals surface area contributed by atoms with E-state index in [-0.39, 0.29) is 0 Å². The predicted molar refractivity (Wildman–Crippen MR) is 58.7 cm³/mol. The van der Waals surface area contributed by atoms with E-state index in [0.717, 1.165) is 13.0 Å². The van der Waals surface area contributed by atoms with E-state index in [0.29, 0.717) is 5.92 Å². The number of nitrogens with zero attached hydrogens (tertiary/aromatic N) is 2. The first kappa shape index (κ1) is 9.56. The molecule has 1 aliphatic heterocycles. The third-order valence-electron chi connectivity index (χ3n) is 3.22. The van der Waals surface area contributed by atoms with Crippen molar-refractivity contribution in [1.29, 1.82) is 0 Å². The molecule has 0 saturated heterocycles. The molecule has 78 valence electrons. The van der Waals surface area contributed by atoms with Gasteiger partial charge < -0.3 is 5.32 Å². The van der Waals surface area contributed by atoms with E-state index < -0.39 is 0 Å². The number of hydrogen-bond donors (Lipinski definition) is 1. The van der Waals surface area contributed by atoms with Crippen molar-refractivity contribution >= 4 is 5.82 Å². The molecule has 3 heteroatoms. The Hall–Kier alpha value is -0.990. The highest BCUT2D eigenvalue weighted by Crippen LogP contribution is 2.32. The molecule has 2 rings (SSSR count). The summed E-state index contributed by atoms with van der Waals surface area (Å²) in [5.74, 6) is 1.89. The number of aromatic nitrogens is 2. The lowest BCUT2D eigenvalue weighted by atomic mass is 9.96. The van der Waals surface area contributed by atoms with E-state index in [9.17, 15) is 0 Å². The summed E-state index contributed by atoms with van der Waals surface area (Å²) in [7, 11) is 2.03. The van der Waals surface area contributed by atoms with Crippen LogP contribution in [-0.4, -0.2) is 16.3 Å². The van der Waals surface area contributed by atoms with Gasteiger partial charge in [-0.05, 0) is 19.3 Å². The molecular weight excluding hydrogens is 174 g/mol. The van der Waals surface area contributed by atoms with E-state index in [1.54, 1.807) is 0 Å². The van der Waals surface area contributed by atoms with Crippen LogP contribution in [0.15, 0.2) is 0 Å². The molecule has 0 aliphatic carbocycles. The molecule has 0 spiro atoms. The van der Waals surface area contributed by atoms with Crippen LogP contribution >= 0.6 is 0 Å². The first-order valence-electron chi connectivity index (χ1n) is 5.57. The van der Waals surface area contributed by atoms with Crippen molar-refractivity contribution in [3.05, 3.63) is 11.3 Å². The Morgan fingerprint density at radius 1 is 1.43 bits per heavy atom. The Bertz CT molecular complexity index is 324. The highest BCUT2D eigenvalue weighted by molar-refractivity contribution is 5.53. The van der Waals surface area contributed by atoms with Crippen LogP contribution in [0.25, 0.3) is 0 Å². The van der Waals surface area contributed by atoms with Gasteiger partial charge in [-0.1, -0.05) is 13.8 Å². The van der Waals surface area contributed by atoms with Gasteiger partial charge in [0, 0.05) is 25.1 Å². The number of anilines is 1. The summed E-state index contributed by atoms with van der Waals surface area (Å²) in [6.45, 7) is 5.57. The van der Waals surface area contributed by atoms with Crippen LogP contribution in [0.4, 0.5) is 5.82 Å². The van der Waals surface area contributed by atoms with Crippen LogP contribution in [0.3, 0.4) is 0 Å². The van der Waals surface area contributed by atoms with Crippen molar-refractivity contribution in [3.8, 4) is 0 Å². The second-order valence-corrected chi connectivity index (χ2v) is 4.03. The third kappa shape index (κ3) is 1.31. The number of aryl methyl sites for hydroxylation is 1. The second-order valence-electron chi connectivity index (χ2n) is 4.03. The molecule has 3 nitrogen and oxygen atoms in total. The van der Waals surface area contributed by atoms with E-state index in [2.05, 4.69) is 24.3 Å². The molecule has 1 aliphatic rings. The van der Waals surface area contributed by atoms with Gasteiger partial charge in [0.05, 0.1) is 5.69 Å². The Morgan fingerprint density at radius 3 is 2.79 bits per heavy atom. The van der Waals surface area contributed by atoms with E-state index in [1.807, 2.05) is 11.7 Å². The number of rotatable bonds is 3. The lowest BCUT2D eigenvalue weighted by molar-refractivity contribution is 0.599. The average molecular weight is 193 g/mol. The largest absolute Gasteiger partial charge is 0.370 e. The molecule has 14 heavy (non-hydrogen) atoms. The van der Waals surface area contributed by atoms with Crippen molar-refractivity contribution in [2.24, 2.45) is 7.05 Å². The van der Waals surface area contributed by atoms with Gasteiger partial charge >= 0.3 is 0 Å². The number of hydrogen-bond acceptors (Lipinski definition) is 2. The second kappa shape index (κ2) is 3.64. The van der Waals surface area contributed by atoms with Crippen LogP contribution < -0.4 is 5.32 Å². The van der Waals surface area contributed by atoms with Crippen LogP contribution in [-0.2, 0) is 13.5 Å². The first-order chi connectivity index (χ1) is 6.77. The van der Waals surface area contributed by atoms with E-state index in [4.69, 9.17) is 0 Å². The molecule has 0 bridgehead atoms. The number of nitrogens with one attached hydrogen (secondary N) is 1. The molecule has 0 fully saturated rings. The summed E-state index contributed by atoms with van der Waals surface area (Å²) in [5, 5.41) is 8.02. The van der Waals surface area contributed by atoms with Crippen molar-refractivity contribution in [2.75, 3.05) is 11.9 Å². The van der Waals surface area contributed by atoms with Gasteiger partial charge in [-0.25, -0.2) is 0 Å². The average Bonchev–Trinajstić information content (AvgIpc) is 2.74. The zero-order valence-electron chi connectivity index (χ0n) is 9.30. The third-order valence-corrected chi connectivity index (χ3v) is 3.22. The monoisotopic (exact) mass is 193 g/mol. The summed E-state index contributed by atoms with van der Waals surface area (Å²) < 4.78 is 2.00. The molecule has 0 radical (unpaired) electrons. The lowest BCUT2D eigenvalue weighted by Gasteiger charge is -2.09. The Labute approximate surface area is 85.5 Å². The summed E-state index contributed by atoms with van der Waals surface area (Å²) in [6.07, 6.45) is 3.54. The zero-order chi connectivity index (χ0) is 10.1. The summed E-state index contributed by atoms with van der Waals surface area (Å²) >= 11 is 0. The van der Waals surface area contributed by atoms with Gasteiger partial charge in [-0.2, -0.15) is 5.10 Å². The van der Waals surface area contributed by atoms with Crippen molar-refractivity contribution < 1.29 is 0 Å². The SMILES string of the molecule is CCC(CC)c1nn(C)c2c1CCN2. The molecule has 2 heterocycles. The van der Waals surface area contributed by atoms with Gasteiger partial charge in [-0.15, -0.1) is 0 Å². The maximum Gasteiger partial charge on any atom is 0.127 e. The predicted octanol–water partition coefficient (Wildman–Crippen LogP) is 2.29. The minimum Gasteiger partial charge on any atom is -0.370 e. The van der Waals surface area contributed by atoms with Gasteiger partial charge in [0.25, 0.3) is 0 Å². The highest BCUT2D eigenvalue weighted by Gasteiger charge is 2.24. The van der Waals surface area contributed by atoms with Crippen LogP contribution in [0.2, 0.25) is 0 Å². The fraction of sp³-hybridized carbons (Fsp3) is 0.727. The Kier molecular flexibility index (Phi) is 2.48. The molecule has 0 atom stereocenters. The fourth-order valence-corrected chi connectivity index (χ4v) is 2.37. The molecular formula is C11H19N3. The maximum absolute atomic E-state index is 4.63. The highest BCUT2D eigenvalue weighted by atomic mass is 15.3. The Balaban J connectivity index is 2.38. The minimum atomic E-state index is 0.643. The van der Waals surface area contributed by atoms with Crippen LogP contribution in [0.5, 0.6) is 0 Å². The quantitative estimate of drug-likeness (QED) is 0.798. The van der Waals surface area contributed by atoms with Gasteiger partial charge in [-0.3, -0.25) is 4.68 Å². The summed E-state index contributed by atoms with van der Waals surface area (Å²) in [6, 6.07) is 0. The minimum absolute atomic E-state index is 0.643. The molecule has 0 aromatic carbocycles. The number of fused-ring (bicyclic) bond motifs is 1. The van der Waals surface area contributed by atoms with Crippen molar-refractivity contribution in [1.82, 2.24) is 9.78 Å². The van der Waals surface area contributed by atoms with Crippen LogP contribution in [0.1, 0.15) is 43.9 Å². The topological polar surface area (TPSA) is 29.9 Å². The maximum atomic E-state index is 4.63. The van der Waals surface area contributed by atoms with Crippen molar-refractivity contribution in [3.63, 3.8) is 0 Å². The first-order valence-corrected chi connectivity index (χ1v) is 5.57. The molecule has 0 amide bonds. The molecule has 0 unspecified atom stereocenters. The summed E-state index contributed by atoms with van der Waals surface area (Å²) in [4.78, 5) is 0.